The molecule has 55 heavy (non-hydrogen) atoms. The van der Waals surface area contributed by atoms with E-state index >= 15 is 0 Å². The van der Waals surface area contributed by atoms with Gasteiger partial charge in [-0.2, -0.15) is 0 Å². The summed E-state index contributed by atoms with van der Waals surface area (Å²) in [5.74, 6) is -1.65. The molecule has 3 aliphatic carbocycles. The summed E-state index contributed by atoms with van der Waals surface area (Å²) in [5.41, 5.74) is 0.181. The number of alkyl carbamates (subject to hydrolysis) is 1. The summed E-state index contributed by atoms with van der Waals surface area (Å²) >= 11 is 1.58. The molecule has 7 rings (SSSR count). The lowest BCUT2D eigenvalue weighted by atomic mass is 10.0. The first-order chi connectivity index (χ1) is 26.6. The number of carbonyl (C=O) groups excluding carboxylic acids is 4. The number of hydrogen-bond donors (Lipinski definition) is 3. The number of sulfonamides is 1. The van der Waals surface area contributed by atoms with Crippen molar-refractivity contribution in [2.24, 2.45) is 11.1 Å². The van der Waals surface area contributed by atoms with Crippen molar-refractivity contribution in [2.75, 3.05) is 13.7 Å². The van der Waals surface area contributed by atoms with Crippen LogP contribution in [0.4, 0.5) is 4.79 Å². The molecule has 2 aromatic rings. The lowest BCUT2D eigenvalue weighted by Gasteiger charge is -2.30. The molecular weight excluding hydrogens is 747 g/mol. The van der Waals surface area contributed by atoms with Crippen molar-refractivity contribution in [1.29, 1.82) is 0 Å². The van der Waals surface area contributed by atoms with Crippen LogP contribution in [0.25, 0.3) is 10.4 Å². The maximum Gasteiger partial charge on any atom is 0.408 e. The van der Waals surface area contributed by atoms with Crippen molar-refractivity contribution < 1.29 is 41.9 Å². The Morgan fingerprint density at radius 2 is 1.84 bits per heavy atom. The minimum Gasteiger partial charge on any atom is -0.497 e. The van der Waals surface area contributed by atoms with Gasteiger partial charge in [0.25, 0.3) is 5.91 Å². The SMILES string of the molecule is COc1ccc(-c2cccs2)c(/C=N/O[C@@H]2C[C@H]3C(=O)NC4(C(=O)NS(=O)(=O)C5CC5)C[C@H]4/C=C\CCCCC[C@H](NC(=O)OC4CCCC4)C(=O)N3C2)c1. The zero-order valence-corrected chi connectivity index (χ0v) is 32.6. The van der Waals surface area contributed by atoms with Crippen LogP contribution in [0.3, 0.4) is 0 Å². The zero-order chi connectivity index (χ0) is 38.6. The number of fused-ring (bicyclic) bond motifs is 2. The summed E-state index contributed by atoms with van der Waals surface area (Å²) in [6, 6.07) is 7.54. The number of methoxy groups -OCH3 is 1. The van der Waals surface area contributed by atoms with Gasteiger partial charge in [0, 0.05) is 28.3 Å². The smallest absolute Gasteiger partial charge is 0.408 e. The van der Waals surface area contributed by atoms with Crippen LogP contribution in [0.5, 0.6) is 5.75 Å². The van der Waals surface area contributed by atoms with E-state index in [1.165, 1.54) is 4.90 Å². The maximum absolute atomic E-state index is 14.4. The normalized spacial score (nSPS) is 28.3. The number of benzene rings is 1. The minimum atomic E-state index is -3.88. The number of hydrogen-bond acceptors (Lipinski definition) is 11. The monoisotopic (exact) mass is 795 g/mol. The second-order valence-corrected chi connectivity index (χ2v) is 18.1. The van der Waals surface area contributed by atoms with Gasteiger partial charge >= 0.3 is 6.09 Å². The molecule has 296 valence electrons. The Kier molecular flexibility index (Phi) is 11.8. The van der Waals surface area contributed by atoms with E-state index in [4.69, 9.17) is 14.3 Å². The predicted molar refractivity (Wildman–Crippen MR) is 206 cm³/mol. The van der Waals surface area contributed by atoms with Crippen molar-refractivity contribution in [3.63, 3.8) is 0 Å². The Balaban J connectivity index is 1.14. The molecule has 1 saturated heterocycles. The molecule has 4 amide bonds. The van der Waals surface area contributed by atoms with Gasteiger partial charge in [0.2, 0.25) is 21.8 Å². The number of carbonyl (C=O) groups is 4. The van der Waals surface area contributed by atoms with Crippen molar-refractivity contribution >= 4 is 51.4 Å². The zero-order valence-electron chi connectivity index (χ0n) is 30.9. The van der Waals surface area contributed by atoms with Crippen molar-refractivity contribution in [1.82, 2.24) is 20.3 Å². The second kappa shape index (κ2) is 16.7. The van der Waals surface area contributed by atoms with Crippen LogP contribution < -0.4 is 20.1 Å². The number of allylic oxidation sites excluding steroid dienone is 1. The Hall–Kier alpha value is -4.44. The van der Waals surface area contributed by atoms with Gasteiger partial charge in [-0.25, -0.2) is 13.2 Å². The number of rotatable bonds is 10. The minimum absolute atomic E-state index is 0.0153. The van der Waals surface area contributed by atoms with E-state index in [-0.39, 0.29) is 25.5 Å². The van der Waals surface area contributed by atoms with Crippen LogP contribution >= 0.6 is 11.3 Å². The lowest BCUT2D eigenvalue weighted by Crippen LogP contribution is -2.58. The van der Waals surface area contributed by atoms with Gasteiger partial charge in [0.1, 0.15) is 35.6 Å². The van der Waals surface area contributed by atoms with Gasteiger partial charge in [-0.15, -0.1) is 11.3 Å². The molecule has 3 heterocycles. The average molecular weight is 796 g/mol. The second-order valence-electron chi connectivity index (χ2n) is 15.2. The van der Waals surface area contributed by atoms with Gasteiger partial charge in [-0.1, -0.05) is 36.2 Å². The van der Waals surface area contributed by atoms with Crippen LogP contribution in [-0.2, 0) is 34.0 Å². The number of ether oxygens (including phenoxy) is 2. The average Bonchev–Trinajstić information content (AvgIpc) is 3.90. The quantitative estimate of drug-likeness (QED) is 0.173. The summed E-state index contributed by atoms with van der Waals surface area (Å²) in [4.78, 5) is 63.9. The van der Waals surface area contributed by atoms with Crippen LogP contribution in [0, 0.1) is 5.92 Å². The standard InChI is InChI=1S/C39H49N5O9S2/c1-51-28-15-18-31(34-14-9-19-54-34)25(20-28)23-40-53-29-21-33-35(45)42-39(37(47)43-55(49,50)30-16-17-30)22-26(39)10-5-3-2-4-6-13-32(36(46)44(33)24-29)41-38(48)52-27-11-7-8-12-27/h5,9-10,14-15,18-20,23,26-27,29-30,32-33H,2-4,6-8,11-13,16-17,21-22,24H2,1H3,(H,41,48)(H,42,45)(H,43,47)/b10-5-,40-23+/t26-,29-,32+,33+,39?/m1/s1. The fourth-order valence-electron chi connectivity index (χ4n) is 7.78. The Bertz CT molecular complexity index is 1910. The first-order valence-corrected chi connectivity index (χ1v) is 21.7. The van der Waals surface area contributed by atoms with Crippen LogP contribution in [0.1, 0.15) is 89.0 Å². The van der Waals surface area contributed by atoms with Crippen molar-refractivity contribution in [2.45, 2.75) is 119 Å². The van der Waals surface area contributed by atoms with Gasteiger partial charge in [0.15, 0.2) is 0 Å². The number of nitrogens with one attached hydrogen (secondary N) is 3. The molecule has 5 aliphatic rings. The van der Waals surface area contributed by atoms with E-state index in [1.807, 2.05) is 47.9 Å². The van der Waals surface area contributed by atoms with E-state index in [2.05, 4.69) is 20.5 Å². The summed E-state index contributed by atoms with van der Waals surface area (Å²) in [6.07, 6.45) is 11.8. The predicted octanol–water partition coefficient (Wildman–Crippen LogP) is 4.78. The molecule has 0 spiro atoms. The van der Waals surface area contributed by atoms with E-state index in [0.29, 0.717) is 37.9 Å². The topological polar surface area (TPSA) is 182 Å². The van der Waals surface area contributed by atoms with Crippen molar-refractivity contribution in [3.8, 4) is 16.2 Å². The molecule has 4 fully saturated rings. The van der Waals surface area contributed by atoms with E-state index in [1.54, 1.807) is 24.7 Å². The molecule has 0 bridgehead atoms. The number of oxime groups is 1. The molecule has 3 N–H and O–H groups in total. The van der Waals surface area contributed by atoms with E-state index in [0.717, 1.165) is 54.5 Å². The third-order valence-corrected chi connectivity index (χ3v) is 13.9. The molecule has 2 aliphatic heterocycles. The van der Waals surface area contributed by atoms with Crippen LogP contribution in [-0.4, -0.2) is 92.1 Å². The molecule has 1 aromatic heterocycles. The highest BCUT2D eigenvalue weighted by Crippen LogP contribution is 2.46. The Labute approximate surface area is 325 Å². The molecule has 5 atom stereocenters. The first kappa shape index (κ1) is 38.8. The van der Waals surface area contributed by atoms with Gasteiger partial charge in [-0.3, -0.25) is 19.1 Å². The van der Waals surface area contributed by atoms with Gasteiger partial charge in [0.05, 0.1) is 25.1 Å². The van der Waals surface area contributed by atoms with E-state index in [9.17, 15) is 27.6 Å². The van der Waals surface area contributed by atoms with Crippen LogP contribution in [0.2, 0.25) is 0 Å². The molecule has 0 radical (unpaired) electrons. The largest absolute Gasteiger partial charge is 0.497 e. The van der Waals surface area contributed by atoms with Crippen molar-refractivity contribution in [3.05, 3.63) is 53.4 Å². The van der Waals surface area contributed by atoms with E-state index < -0.39 is 68.7 Å². The highest BCUT2D eigenvalue weighted by atomic mass is 32.2. The van der Waals surface area contributed by atoms with Crippen LogP contribution in [0.15, 0.2) is 53.0 Å². The molecular formula is C39H49N5O9S2. The lowest BCUT2D eigenvalue weighted by molar-refractivity contribution is -0.141. The highest BCUT2D eigenvalue weighted by molar-refractivity contribution is 7.91. The third kappa shape index (κ3) is 9.17. The number of thiophene rings is 1. The molecule has 14 nitrogen and oxygen atoms in total. The molecule has 3 saturated carbocycles. The third-order valence-electron chi connectivity index (χ3n) is 11.2. The fourth-order valence-corrected chi connectivity index (χ4v) is 9.91. The summed E-state index contributed by atoms with van der Waals surface area (Å²) < 4.78 is 39.0. The summed E-state index contributed by atoms with van der Waals surface area (Å²) in [5, 5.41) is 11.3. The maximum atomic E-state index is 14.4. The first-order valence-electron chi connectivity index (χ1n) is 19.3. The van der Waals surface area contributed by atoms with Gasteiger partial charge < -0.3 is 29.8 Å². The Morgan fingerprint density at radius 3 is 2.58 bits per heavy atom. The van der Waals surface area contributed by atoms with Gasteiger partial charge in [-0.05, 0) is 93.9 Å². The number of nitrogens with zero attached hydrogens (tertiary/aromatic N) is 2. The summed E-state index contributed by atoms with van der Waals surface area (Å²) in [7, 11) is -2.30. The summed E-state index contributed by atoms with van der Waals surface area (Å²) in [6.45, 7) is -0.0153. The highest BCUT2D eigenvalue weighted by Gasteiger charge is 2.62. The molecule has 1 unspecified atom stereocenters. The number of amides is 4. The molecule has 1 aromatic carbocycles. The Morgan fingerprint density at radius 1 is 1.04 bits per heavy atom. The molecule has 16 heteroatoms. The fraction of sp³-hybridized carbons (Fsp3) is 0.564.